The first-order valence-electron chi connectivity index (χ1n) is 6.15. The standard InChI is InChI=1S/C15H17NO2S/c1-11-7-8-12(2)14(13(11)3)10-16(17)9-5-4-6-15(16)19-18/h4-9H,10H2,1-3H3. The Bertz CT molecular complexity index is 627. The number of nitrogens with zero attached hydrogens (tertiary/aromatic N) is 1. The highest BCUT2D eigenvalue weighted by Gasteiger charge is 2.24. The van der Waals surface area contributed by atoms with Gasteiger partial charge in [0.2, 0.25) is 4.99 Å². The zero-order valence-electron chi connectivity index (χ0n) is 11.3. The van der Waals surface area contributed by atoms with E-state index in [1.54, 1.807) is 18.2 Å². The highest BCUT2D eigenvalue weighted by Crippen LogP contribution is 2.25. The van der Waals surface area contributed by atoms with Crippen LogP contribution >= 0.6 is 0 Å². The second kappa shape index (κ2) is 5.25. The van der Waals surface area contributed by atoms with E-state index in [-0.39, 0.29) is 22.8 Å². The van der Waals surface area contributed by atoms with Crippen molar-refractivity contribution in [2.24, 2.45) is 0 Å². The summed E-state index contributed by atoms with van der Waals surface area (Å²) in [6, 6.07) is 4.08. The first kappa shape index (κ1) is 13.9. The molecule has 2 rings (SSSR count). The maximum atomic E-state index is 12.8. The van der Waals surface area contributed by atoms with E-state index in [0.29, 0.717) is 0 Å². The molecule has 0 spiro atoms. The molecule has 1 aliphatic rings. The summed E-state index contributed by atoms with van der Waals surface area (Å²) in [5.41, 5.74) is 4.42. The van der Waals surface area contributed by atoms with Gasteiger partial charge < -0.3 is 5.21 Å². The van der Waals surface area contributed by atoms with Gasteiger partial charge in [0.25, 0.3) is 0 Å². The summed E-state index contributed by atoms with van der Waals surface area (Å²) in [5, 5.41) is 12.8. The van der Waals surface area contributed by atoms with Gasteiger partial charge in [-0.15, -0.1) is 0 Å². The Balaban J connectivity index is 2.47. The minimum absolute atomic E-state index is 0.269. The van der Waals surface area contributed by atoms with Crippen LogP contribution in [0.1, 0.15) is 22.3 Å². The quantitative estimate of drug-likeness (QED) is 0.473. The van der Waals surface area contributed by atoms with E-state index in [9.17, 15) is 9.42 Å². The Kier molecular flexibility index (Phi) is 3.85. The van der Waals surface area contributed by atoms with Gasteiger partial charge in [-0.3, -0.25) is 4.65 Å². The zero-order chi connectivity index (χ0) is 14.0. The first-order valence-corrected chi connectivity index (χ1v) is 6.90. The van der Waals surface area contributed by atoms with Crippen LogP contribution in [0, 0.1) is 26.0 Å². The maximum Gasteiger partial charge on any atom is 0.231 e. The summed E-state index contributed by atoms with van der Waals surface area (Å²) in [6.45, 7) is 6.33. The van der Waals surface area contributed by atoms with E-state index >= 15 is 0 Å². The Labute approximate surface area is 117 Å². The Morgan fingerprint density at radius 2 is 1.84 bits per heavy atom. The third kappa shape index (κ3) is 2.61. The van der Waals surface area contributed by atoms with E-state index in [0.717, 1.165) is 16.7 Å². The highest BCUT2D eigenvalue weighted by molar-refractivity contribution is 7.66. The third-order valence-corrected chi connectivity index (χ3v) is 4.25. The van der Waals surface area contributed by atoms with E-state index in [1.807, 2.05) is 26.8 Å². The van der Waals surface area contributed by atoms with Crippen molar-refractivity contribution in [1.29, 1.82) is 0 Å². The van der Waals surface area contributed by atoms with Crippen molar-refractivity contribution < 1.29 is 8.86 Å². The van der Waals surface area contributed by atoms with E-state index in [1.165, 1.54) is 11.8 Å². The lowest BCUT2D eigenvalue weighted by Crippen LogP contribution is -2.42. The molecule has 0 radical (unpaired) electrons. The van der Waals surface area contributed by atoms with Crippen LogP contribution in [0.25, 0.3) is 0 Å². The fraction of sp³-hybridized carbons (Fsp3) is 0.267. The predicted octanol–water partition coefficient (Wildman–Crippen LogP) is 2.85. The molecule has 1 atom stereocenters. The molecule has 1 aromatic carbocycles. The van der Waals surface area contributed by atoms with Crippen molar-refractivity contribution in [3.63, 3.8) is 0 Å². The molecule has 19 heavy (non-hydrogen) atoms. The van der Waals surface area contributed by atoms with Crippen molar-refractivity contribution in [1.82, 2.24) is 0 Å². The summed E-state index contributed by atoms with van der Waals surface area (Å²) in [7, 11) is 0. The number of benzene rings is 1. The fourth-order valence-corrected chi connectivity index (χ4v) is 2.62. The summed E-state index contributed by atoms with van der Waals surface area (Å²) < 4.78 is 10.4. The molecule has 0 aromatic heterocycles. The second-order valence-electron chi connectivity index (χ2n) is 4.88. The van der Waals surface area contributed by atoms with Gasteiger partial charge in [0, 0.05) is 11.6 Å². The number of allylic oxidation sites excluding steroid dienone is 2. The number of quaternary nitrogens is 1. The monoisotopic (exact) mass is 275 g/mol. The smallest absolute Gasteiger partial charge is 0.231 e. The summed E-state index contributed by atoms with van der Waals surface area (Å²) in [6.07, 6.45) is 6.56. The zero-order valence-corrected chi connectivity index (χ0v) is 12.2. The average molecular weight is 275 g/mol. The molecule has 1 aliphatic heterocycles. The lowest BCUT2D eigenvalue weighted by atomic mass is 9.98. The van der Waals surface area contributed by atoms with Gasteiger partial charge in [0.05, 0.1) is 0 Å². The van der Waals surface area contributed by atoms with Gasteiger partial charge in [-0.1, -0.05) is 18.2 Å². The third-order valence-electron chi connectivity index (χ3n) is 3.63. The molecule has 0 saturated carbocycles. The largest absolute Gasteiger partial charge is 0.621 e. The van der Waals surface area contributed by atoms with E-state index in [4.69, 9.17) is 0 Å². The van der Waals surface area contributed by atoms with Crippen LogP contribution in [0.4, 0.5) is 0 Å². The van der Waals surface area contributed by atoms with Crippen molar-refractivity contribution in [3.8, 4) is 0 Å². The van der Waals surface area contributed by atoms with Crippen molar-refractivity contribution in [2.45, 2.75) is 27.3 Å². The topological polar surface area (TPSA) is 40.1 Å². The lowest BCUT2D eigenvalue weighted by molar-refractivity contribution is -0.744. The SMILES string of the molecule is Cc1ccc(C)c(C[N+]2([O-])C=CC=CC2=S=O)c1C. The molecule has 0 bridgehead atoms. The van der Waals surface area contributed by atoms with Crippen LogP contribution in [-0.2, 0) is 17.8 Å². The molecular weight excluding hydrogens is 258 g/mol. The number of hydrogen-bond donors (Lipinski definition) is 0. The molecule has 0 N–H and O–H groups in total. The molecule has 0 saturated heterocycles. The van der Waals surface area contributed by atoms with Gasteiger partial charge in [0.1, 0.15) is 12.7 Å². The van der Waals surface area contributed by atoms with Gasteiger partial charge in [0.15, 0.2) is 11.3 Å². The lowest BCUT2D eigenvalue weighted by Gasteiger charge is -2.39. The molecule has 3 nitrogen and oxygen atoms in total. The van der Waals surface area contributed by atoms with Crippen molar-refractivity contribution in [3.05, 3.63) is 64.0 Å². The molecule has 1 aromatic rings. The average Bonchev–Trinajstić information content (AvgIpc) is 2.40. The number of aryl methyl sites for hydroxylation is 2. The highest BCUT2D eigenvalue weighted by atomic mass is 32.1. The van der Waals surface area contributed by atoms with E-state index < -0.39 is 4.65 Å². The Hall–Kier alpha value is -1.49. The number of hydrogen-bond acceptors (Lipinski definition) is 2. The summed E-state index contributed by atoms with van der Waals surface area (Å²) in [5.74, 6) is 0. The maximum absolute atomic E-state index is 12.8. The fourth-order valence-electron chi connectivity index (χ4n) is 2.24. The summed E-state index contributed by atoms with van der Waals surface area (Å²) >= 11 is 0.276. The van der Waals surface area contributed by atoms with Crippen LogP contribution in [0.5, 0.6) is 0 Å². The van der Waals surface area contributed by atoms with Gasteiger partial charge in [-0.05, 0) is 43.5 Å². The van der Waals surface area contributed by atoms with Crippen LogP contribution < -0.4 is 0 Å². The molecule has 1 unspecified atom stereocenters. The van der Waals surface area contributed by atoms with Crippen molar-refractivity contribution in [2.75, 3.05) is 0 Å². The van der Waals surface area contributed by atoms with E-state index in [2.05, 4.69) is 6.07 Å². The number of rotatable bonds is 2. The second-order valence-corrected chi connectivity index (χ2v) is 5.46. The molecule has 0 aliphatic carbocycles. The van der Waals surface area contributed by atoms with Crippen LogP contribution in [0.15, 0.2) is 36.6 Å². The van der Waals surface area contributed by atoms with Gasteiger partial charge in [-0.25, -0.2) is 4.21 Å². The molecule has 100 valence electrons. The van der Waals surface area contributed by atoms with Crippen LogP contribution in [-0.4, -0.2) is 13.8 Å². The predicted molar refractivity (Wildman–Crippen MR) is 79.4 cm³/mol. The summed E-state index contributed by atoms with van der Waals surface area (Å²) in [4.78, 5) is 0.280. The normalized spacial score (nSPS) is 21.8. The minimum atomic E-state index is -0.699. The van der Waals surface area contributed by atoms with Crippen LogP contribution in [0.2, 0.25) is 0 Å². The first-order chi connectivity index (χ1) is 8.98. The van der Waals surface area contributed by atoms with Crippen LogP contribution in [0.3, 0.4) is 0 Å². The van der Waals surface area contributed by atoms with Gasteiger partial charge in [-0.2, -0.15) is 0 Å². The molecule has 0 fully saturated rings. The van der Waals surface area contributed by atoms with Gasteiger partial charge >= 0.3 is 0 Å². The minimum Gasteiger partial charge on any atom is -0.621 e. The Morgan fingerprint density at radius 3 is 2.53 bits per heavy atom. The van der Waals surface area contributed by atoms with Crippen molar-refractivity contribution >= 4 is 16.2 Å². The Morgan fingerprint density at radius 1 is 1.16 bits per heavy atom. The molecule has 4 heteroatoms. The molecular formula is C15H17NO2S. The molecule has 1 heterocycles. The molecule has 0 amide bonds. The number of hydroxylamine groups is 3.